The van der Waals surface area contributed by atoms with Crippen LogP contribution in [0.2, 0.25) is 0 Å². The van der Waals surface area contributed by atoms with Crippen LogP contribution in [0, 0.1) is 5.92 Å². The average molecular weight is 276 g/mol. The van der Waals surface area contributed by atoms with Gasteiger partial charge in [-0.25, -0.2) is 0 Å². The molecule has 1 fully saturated rings. The molecule has 2 N–H and O–H groups in total. The van der Waals surface area contributed by atoms with E-state index in [2.05, 4.69) is 0 Å². The van der Waals surface area contributed by atoms with Gasteiger partial charge < -0.3 is 15.4 Å². The van der Waals surface area contributed by atoms with E-state index in [0.29, 0.717) is 6.54 Å². The zero-order valence-corrected chi connectivity index (χ0v) is 12.3. The topological polar surface area (TPSA) is 55.6 Å². The van der Waals surface area contributed by atoms with E-state index in [-0.39, 0.29) is 17.9 Å². The van der Waals surface area contributed by atoms with Crippen LogP contribution in [0.4, 0.5) is 0 Å². The van der Waals surface area contributed by atoms with Gasteiger partial charge in [-0.15, -0.1) is 0 Å². The van der Waals surface area contributed by atoms with Crippen LogP contribution >= 0.6 is 0 Å². The number of nitrogens with two attached hydrogens (primary N) is 1. The van der Waals surface area contributed by atoms with Gasteiger partial charge in [-0.05, 0) is 43.4 Å². The Balaban J connectivity index is 1.89. The van der Waals surface area contributed by atoms with Gasteiger partial charge in [0.1, 0.15) is 5.75 Å². The molecule has 4 nitrogen and oxygen atoms in total. The highest BCUT2D eigenvalue weighted by atomic mass is 16.5. The Morgan fingerprint density at radius 1 is 1.25 bits per heavy atom. The highest BCUT2D eigenvalue weighted by molar-refractivity contribution is 5.78. The predicted octanol–water partition coefficient (Wildman–Crippen LogP) is 2.17. The molecule has 0 heterocycles. The average Bonchev–Trinajstić information content (AvgIpc) is 2.48. The van der Waals surface area contributed by atoms with E-state index in [1.54, 1.807) is 7.11 Å². The maximum absolute atomic E-state index is 12.4. The summed E-state index contributed by atoms with van der Waals surface area (Å²) in [5.41, 5.74) is 7.01. The van der Waals surface area contributed by atoms with Crippen molar-refractivity contribution in [2.75, 3.05) is 14.2 Å². The Hall–Kier alpha value is -1.55. The molecular formula is C16H24N2O2. The number of nitrogens with zero attached hydrogens (tertiary/aromatic N) is 1. The summed E-state index contributed by atoms with van der Waals surface area (Å²) in [5.74, 6) is 1.23. The van der Waals surface area contributed by atoms with Gasteiger partial charge in [-0.1, -0.05) is 12.1 Å². The van der Waals surface area contributed by atoms with Gasteiger partial charge in [-0.3, -0.25) is 4.79 Å². The number of carbonyl (C=O) groups excluding carboxylic acids is 1. The molecule has 1 saturated carbocycles. The molecule has 110 valence electrons. The number of benzene rings is 1. The van der Waals surface area contributed by atoms with Gasteiger partial charge >= 0.3 is 0 Å². The summed E-state index contributed by atoms with van der Waals surface area (Å²) in [4.78, 5) is 14.2. The first-order valence-corrected chi connectivity index (χ1v) is 7.23. The predicted molar refractivity (Wildman–Crippen MR) is 79.4 cm³/mol. The number of amides is 1. The summed E-state index contributed by atoms with van der Waals surface area (Å²) in [6.45, 7) is 0.644. The standard InChI is InChI=1S/C16H24N2O2/c1-18(11-12-3-9-15(20-2)10-4-12)16(19)13-5-7-14(17)8-6-13/h3-4,9-10,13-14H,5-8,11,17H2,1-2H3. The third kappa shape index (κ3) is 3.73. The van der Waals surface area contributed by atoms with Crippen molar-refractivity contribution in [2.45, 2.75) is 38.3 Å². The molecule has 1 aromatic rings. The van der Waals surface area contributed by atoms with Crippen molar-refractivity contribution in [2.24, 2.45) is 11.7 Å². The van der Waals surface area contributed by atoms with E-state index in [1.807, 2.05) is 36.2 Å². The molecule has 1 aromatic carbocycles. The number of ether oxygens (including phenoxy) is 1. The molecule has 0 bridgehead atoms. The van der Waals surface area contributed by atoms with E-state index in [1.165, 1.54) is 0 Å². The van der Waals surface area contributed by atoms with Gasteiger partial charge in [0.2, 0.25) is 5.91 Å². The van der Waals surface area contributed by atoms with Gasteiger partial charge in [0, 0.05) is 25.6 Å². The monoisotopic (exact) mass is 276 g/mol. The second-order valence-corrected chi connectivity index (χ2v) is 5.65. The molecule has 0 unspecified atom stereocenters. The summed E-state index contributed by atoms with van der Waals surface area (Å²) in [5, 5.41) is 0. The Labute approximate surface area is 120 Å². The first kappa shape index (κ1) is 14.9. The van der Waals surface area contributed by atoms with Crippen LogP contribution in [0.25, 0.3) is 0 Å². The minimum Gasteiger partial charge on any atom is -0.497 e. The zero-order chi connectivity index (χ0) is 14.5. The summed E-state index contributed by atoms with van der Waals surface area (Å²) >= 11 is 0. The molecule has 0 spiro atoms. The second kappa shape index (κ2) is 6.75. The van der Waals surface area contributed by atoms with Crippen LogP contribution in [0.1, 0.15) is 31.2 Å². The molecule has 4 heteroatoms. The van der Waals surface area contributed by atoms with Crippen molar-refractivity contribution >= 4 is 5.91 Å². The fourth-order valence-corrected chi connectivity index (χ4v) is 2.76. The third-order valence-electron chi connectivity index (χ3n) is 4.08. The highest BCUT2D eigenvalue weighted by Crippen LogP contribution is 2.25. The Kier molecular flexibility index (Phi) is 5.01. The molecule has 0 atom stereocenters. The zero-order valence-electron chi connectivity index (χ0n) is 12.3. The Morgan fingerprint density at radius 3 is 2.40 bits per heavy atom. The fourth-order valence-electron chi connectivity index (χ4n) is 2.76. The van der Waals surface area contributed by atoms with Crippen molar-refractivity contribution in [3.63, 3.8) is 0 Å². The lowest BCUT2D eigenvalue weighted by Crippen LogP contribution is -2.37. The maximum Gasteiger partial charge on any atom is 0.225 e. The largest absolute Gasteiger partial charge is 0.497 e. The van der Waals surface area contributed by atoms with E-state index in [9.17, 15) is 4.79 Å². The summed E-state index contributed by atoms with van der Waals surface area (Å²) in [6, 6.07) is 8.13. The van der Waals surface area contributed by atoms with Crippen LogP contribution in [-0.2, 0) is 11.3 Å². The van der Waals surface area contributed by atoms with Crippen LogP contribution in [0.3, 0.4) is 0 Å². The molecule has 0 saturated heterocycles. The minimum atomic E-state index is 0.151. The molecule has 20 heavy (non-hydrogen) atoms. The summed E-state index contributed by atoms with van der Waals surface area (Å²) < 4.78 is 5.13. The van der Waals surface area contributed by atoms with Gasteiger partial charge in [0.15, 0.2) is 0 Å². The van der Waals surface area contributed by atoms with Crippen LogP contribution < -0.4 is 10.5 Å². The lowest BCUT2D eigenvalue weighted by molar-refractivity contribution is -0.135. The maximum atomic E-state index is 12.4. The quantitative estimate of drug-likeness (QED) is 0.917. The van der Waals surface area contributed by atoms with E-state index in [4.69, 9.17) is 10.5 Å². The molecule has 0 aromatic heterocycles. The molecular weight excluding hydrogens is 252 g/mol. The van der Waals surface area contributed by atoms with E-state index in [0.717, 1.165) is 37.0 Å². The van der Waals surface area contributed by atoms with E-state index >= 15 is 0 Å². The number of rotatable bonds is 4. The lowest BCUT2D eigenvalue weighted by atomic mass is 9.85. The summed E-state index contributed by atoms with van der Waals surface area (Å²) in [6.07, 6.45) is 3.78. The first-order valence-electron chi connectivity index (χ1n) is 7.23. The number of hydrogen-bond donors (Lipinski definition) is 1. The smallest absolute Gasteiger partial charge is 0.225 e. The first-order chi connectivity index (χ1) is 9.60. The number of hydrogen-bond acceptors (Lipinski definition) is 3. The van der Waals surface area contributed by atoms with Crippen molar-refractivity contribution in [3.8, 4) is 5.75 Å². The van der Waals surface area contributed by atoms with Crippen molar-refractivity contribution in [1.82, 2.24) is 4.90 Å². The van der Waals surface area contributed by atoms with E-state index < -0.39 is 0 Å². The normalized spacial score (nSPS) is 22.4. The molecule has 1 amide bonds. The Morgan fingerprint density at radius 2 is 1.85 bits per heavy atom. The highest BCUT2D eigenvalue weighted by Gasteiger charge is 2.26. The van der Waals surface area contributed by atoms with Crippen LogP contribution in [0.5, 0.6) is 5.75 Å². The number of methoxy groups -OCH3 is 1. The lowest BCUT2D eigenvalue weighted by Gasteiger charge is -2.29. The molecule has 1 aliphatic rings. The van der Waals surface area contributed by atoms with Crippen molar-refractivity contribution in [3.05, 3.63) is 29.8 Å². The van der Waals surface area contributed by atoms with Gasteiger partial charge in [0.05, 0.1) is 7.11 Å². The molecule has 0 aliphatic heterocycles. The van der Waals surface area contributed by atoms with Gasteiger partial charge in [-0.2, -0.15) is 0 Å². The van der Waals surface area contributed by atoms with Crippen molar-refractivity contribution < 1.29 is 9.53 Å². The minimum absolute atomic E-state index is 0.151. The van der Waals surface area contributed by atoms with Crippen LogP contribution in [0.15, 0.2) is 24.3 Å². The molecule has 0 radical (unpaired) electrons. The summed E-state index contributed by atoms with van der Waals surface area (Å²) in [7, 11) is 3.53. The second-order valence-electron chi connectivity index (χ2n) is 5.65. The number of carbonyl (C=O) groups is 1. The Bertz CT molecular complexity index is 436. The SMILES string of the molecule is COc1ccc(CN(C)C(=O)C2CCC(N)CC2)cc1. The third-order valence-corrected chi connectivity index (χ3v) is 4.08. The van der Waals surface area contributed by atoms with Crippen molar-refractivity contribution in [1.29, 1.82) is 0 Å². The molecule has 2 rings (SSSR count). The fraction of sp³-hybridized carbons (Fsp3) is 0.562. The van der Waals surface area contributed by atoms with Crippen LogP contribution in [-0.4, -0.2) is 31.0 Å². The van der Waals surface area contributed by atoms with Gasteiger partial charge in [0.25, 0.3) is 0 Å². The molecule has 1 aliphatic carbocycles.